The number of nitrogens with one attached hydrogen (secondary N) is 1. The Hall–Kier alpha value is -5.18. The average Bonchev–Trinajstić information content (AvgIpc) is 3.68. The molecule has 0 bridgehead atoms. The summed E-state index contributed by atoms with van der Waals surface area (Å²) in [6, 6.07) is 21.9. The number of anilines is 1. The van der Waals surface area contributed by atoms with Crippen molar-refractivity contribution in [3.8, 4) is 23.0 Å². The van der Waals surface area contributed by atoms with Gasteiger partial charge >= 0.3 is 0 Å². The van der Waals surface area contributed by atoms with Crippen LogP contribution in [0.5, 0.6) is 23.0 Å². The number of amides is 2. The fraction of sp³-hybridized carbons (Fsp3) is 0.161. The van der Waals surface area contributed by atoms with Crippen molar-refractivity contribution in [3.63, 3.8) is 0 Å². The summed E-state index contributed by atoms with van der Waals surface area (Å²) in [6.07, 6.45) is 4.63. The zero-order valence-electron chi connectivity index (χ0n) is 22.0. The van der Waals surface area contributed by atoms with Crippen molar-refractivity contribution in [3.05, 3.63) is 108 Å². The minimum absolute atomic E-state index is 0.0596. The number of nitrogens with zero attached hydrogens (tertiary/aromatic N) is 1. The molecule has 4 aromatic rings. The van der Waals surface area contributed by atoms with Crippen molar-refractivity contribution in [2.75, 3.05) is 26.3 Å². The summed E-state index contributed by atoms with van der Waals surface area (Å²) in [5.41, 5.74) is 1.91. The van der Waals surface area contributed by atoms with Crippen LogP contribution in [0.2, 0.25) is 0 Å². The Kier molecular flexibility index (Phi) is 8.01. The minimum Gasteiger partial charge on any atom is -0.497 e. The van der Waals surface area contributed by atoms with E-state index in [0.29, 0.717) is 40.0 Å². The van der Waals surface area contributed by atoms with E-state index in [9.17, 15) is 9.59 Å². The molecule has 1 aliphatic heterocycles. The third kappa shape index (κ3) is 6.10. The van der Waals surface area contributed by atoms with Gasteiger partial charge in [-0.15, -0.1) is 0 Å². The van der Waals surface area contributed by atoms with E-state index in [1.165, 1.54) is 17.2 Å². The predicted octanol–water partition coefficient (Wildman–Crippen LogP) is 5.45. The van der Waals surface area contributed by atoms with Crippen molar-refractivity contribution in [1.82, 2.24) is 4.90 Å². The maximum absolute atomic E-state index is 13.8. The largest absolute Gasteiger partial charge is 0.497 e. The van der Waals surface area contributed by atoms with Crippen LogP contribution in [0.3, 0.4) is 0 Å². The fourth-order valence-corrected chi connectivity index (χ4v) is 4.29. The van der Waals surface area contributed by atoms with E-state index < -0.39 is 11.9 Å². The lowest BCUT2D eigenvalue weighted by atomic mass is 10.0. The summed E-state index contributed by atoms with van der Waals surface area (Å²) in [6.45, 7) is 0.218. The van der Waals surface area contributed by atoms with E-state index >= 15 is 0 Å². The Morgan fingerprint density at radius 3 is 2.30 bits per heavy atom. The topological polar surface area (TPSA) is 99.5 Å². The number of ether oxygens (including phenoxy) is 4. The molecule has 2 amide bonds. The second-order valence-corrected chi connectivity index (χ2v) is 8.88. The highest BCUT2D eigenvalue weighted by Gasteiger charge is 2.31. The Morgan fingerprint density at radius 2 is 1.62 bits per heavy atom. The van der Waals surface area contributed by atoms with Crippen molar-refractivity contribution >= 4 is 23.6 Å². The van der Waals surface area contributed by atoms with Crippen LogP contribution in [0, 0.1) is 0 Å². The van der Waals surface area contributed by atoms with Crippen LogP contribution >= 0.6 is 0 Å². The van der Waals surface area contributed by atoms with Crippen LogP contribution in [0.15, 0.2) is 95.6 Å². The third-order valence-electron chi connectivity index (χ3n) is 6.35. The molecule has 0 unspecified atom stereocenters. The maximum atomic E-state index is 13.8. The van der Waals surface area contributed by atoms with Gasteiger partial charge in [-0.2, -0.15) is 0 Å². The molecule has 1 aliphatic rings. The van der Waals surface area contributed by atoms with Gasteiger partial charge in [0.25, 0.3) is 5.91 Å². The van der Waals surface area contributed by atoms with Gasteiger partial charge in [-0.1, -0.05) is 18.2 Å². The first kappa shape index (κ1) is 26.4. The number of fused-ring (bicyclic) bond motifs is 1. The molecular weight excluding hydrogens is 512 g/mol. The zero-order valence-corrected chi connectivity index (χ0v) is 22.0. The third-order valence-corrected chi connectivity index (χ3v) is 6.35. The molecular formula is C31H28N2O7. The van der Waals surface area contributed by atoms with Crippen LogP contribution in [-0.2, 0) is 16.1 Å². The summed E-state index contributed by atoms with van der Waals surface area (Å²) >= 11 is 0. The van der Waals surface area contributed by atoms with Gasteiger partial charge in [-0.05, 0) is 77.9 Å². The van der Waals surface area contributed by atoms with E-state index in [2.05, 4.69) is 5.32 Å². The standard InChI is InChI=1S/C31H28N2O7/c1-36-24-11-7-22(8-12-24)30(31(35)32-23-9-13-25(37-2)14-10-23)33(19-26-4-3-17-38-26)29(34)16-6-21-5-15-27-28(18-21)40-20-39-27/h3-18,30H,19-20H2,1-2H3,(H,32,35)/b16-6+/t30-/m0/s1. The number of methoxy groups -OCH3 is 2. The molecule has 0 radical (unpaired) electrons. The van der Waals surface area contributed by atoms with Crippen molar-refractivity contribution in [2.45, 2.75) is 12.6 Å². The van der Waals surface area contributed by atoms with E-state index in [1.807, 2.05) is 6.07 Å². The van der Waals surface area contributed by atoms with Crippen LogP contribution in [0.4, 0.5) is 5.69 Å². The molecule has 2 heterocycles. The van der Waals surface area contributed by atoms with Crippen LogP contribution < -0.4 is 24.3 Å². The molecule has 9 heteroatoms. The second kappa shape index (κ2) is 12.1. The van der Waals surface area contributed by atoms with E-state index in [4.69, 9.17) is 23.4 Å². The normalized spacial score (nSPS) is 12.7. The Balaban J connectivity index is 1.48. The van der Waals surface area contributed by atoms with Gasteiger partial charge < -0.3 is 33.6 Å². The summed E-state index contributed by atoms with van der Waals surface area (Å²) in [7, 11) is 3.14. The van der Waals surface area contributed by atoms with Gasteiger partial charge in [0.15, 0.2) is 11.5 Å². The fourth-order valence-electron chi connectivity index (χ4n) is 4.29. The van der Waals surface area contributed by atoms with Crippen LogP contribution in [0.1, 0.15) is 22.9 Å². The first-order chi connectivity index (χ1) is 19.5. The highest BCUT2D eigenvalue weighted by molar-refractivity contribution is 6.00. The van der Waals surface area contributed by atoms with E-state index in [1.54, 1.807) is 93.1 Å². The number of furan rings is 1. The lowest BCUT2D eigenvalue weighted by Crippen LogP contribution is -2.40. The number of hydrogen-bond donors (Lipinski definition) is 1. The SMILES string of the molecule is COc1ccc(NC(=O)[C@H](c2ccc(OC)cc2)N(Cc2ccco2)C(=O)/C=C/c2ccc3c(c2)OCO3)cc1. The molecule has 0 saturated carbocycles. The lowest BCUT2D eigenvalue weighted by molar-refractivity contribution is -0.136. The van der Waals surface area contributed by atoms with Gasteiger partial charge in [-0.25, -0.2) is 0 Å². The first-order valence-electron chi connectivity index (χ1n) is 12.5. The highest BCUT2D eigenvalue weighted by atomic mass is 16.7. The molecule has 0 fully saturated rings. The second-order valence-electron chi connectivity index (χ2n) is 8.88. The molecule has 0 saturated heterocycles. The van der Waals surface area contributed by atoms with Gasteiger partial charge in [0, 0.05) is 11.8 Å². The van der Waals surface area contributed by atoms with Gasteiger partial charge in [0.2, 0.25) is 12.7 Å². The van der Waals surface area contributed by atoms with Gasteiger partial charge in [0.1, 0.15) is 23.3 Å². The first-order valence-corrected chi connectivity index (χ1v) is 12.5. The monoisotopic (exact) mass is 540 g/mol. The Bertz CT molecular complexity index is 1480. The molecule has 5 rings (SSSR count). The van der Waals surface area contributed by atoms with Crippen LogP contribution in [-0.4, -0.2) is 37.7 Å². The highest BCUT2D eigenvalue weighted by Crippen LogP contribution is 2.33. The Morgan fingerprint density at radius 1 is 0.925 bits per heavy atom. The number of carbonyl (C=O) groups is 2. The Labute approximate surface area is 231 Å². The molecule has 1 atom stereocenters. The van der Waals surface area contributed by atoms with E-state index in [0.717, 1.165) is 5.56 Å². The number of benzene rings is 3. The van der Waals surface area contributed by atoms with Crippen LogP contribution in [0.25, 0.3) is 6.08 Å². The molecule has 0 spiro atoms. The van der Waals surface area contributed by atoms with Crippen molar-refractivity contribution < 1.29 is 33.0 Å². The number of hydrogen-bond acceptors (Lipinski definition) is 7. The quantitative estimate of drug-likeness (QED) is 0.267. The molecule has 0 aliphatic carbocycles. The van der Waals surface area contributed by atoms with E-state index in [-0.39, 0.29) is 19.2 Å². The minimum atomic E-state index is -0.994. The predicted molar refractivity (Wildman–Crippen MR) is 148 cm³/mol. The summed E-state index contributed by atoms with van der Waals surface area (Å²) in [4.78, 5) is 29.1. The summed E-state index contributed by atoms with van der Waals surface area (Å²) < 4.78 is 26.9. The number of carbonyl (C=O) groups excluding carboxylic acids is 2. The molecule has 1 N–H and O–H groups in total. The number of rotatable bonds is 10. The summed E-state index contributed by atoms with van der Waals surface area (Å²) in [5, 5.41) is 2.93. The molecule has 9 nitrogen and oxygen atoms in total. The maximum Gasteiger partial charge on any atom is 0.251 e. The lowest BCUT2D eigenvalue weighted by Gasteiger charge is -2.30. The molecule has 3 aromatic carbocycles. The van der Waals surface area contributed by atoms with Crippen molar-refractivity contribution in [2.24, 2.45) is 0 Å². The zero-order chi connectivity index (χ0) is 27.9. The smallest absolute Gasteiger partial charge is 0.251 e. The van der Waals surface area contributed by atoms with Gasteiger partial charge in [0.05, 0.1) is 27.0 Å². The van der Waals surface area contributed by atoms with Crippen molar-refractivity contribution in [1.29, 1.82) is 0 Å². The molecule has 1 aromatic heterocycles. The molecule has 40 heavy (non-hydrogen) atoms. The summed E-state index contributed by atoms with van der Waals surface area (Å²) in [5.74, 6) is 2.29. The molecule has 204 valence electrons. The average molecular weight is 541 g/mol. The van der Waals surface area contributed by atoms with Gasteiger partial charge in [-0.3, -0.25) is 9.59 Å².